The van der Waals surface area contributed by atoms with Crippen LogP contribution in [0.15, 0.2) is 0 Å². The van der Waals surface area contributed by atoms with Gasteiger partial charge in [0, 0.05) is 78.5 Å². The summed E-state index contributed by atoms with van der Waals surface area (Å²) < 4.78 is 0. The minimum absolute atomic E-state index is 0.203. The summed E-state index contributed by atoms with van der Waals surface area (Å²) >= 11 is 0. The summed E-state index contributed by atoms with van der Waals surface area (Å²) in [5.74, 6) is 0. The van der Waals surface area contributed by atoms with Gasteiger partial charge >= 0.3 is 0 Å². The van der Waals surface area contributed by atoms with E-state index < -0.39 is 0 Å². The molecule has 32 heavy (non-hydrogen) atoms. The minimum atomic E-state index is 0.203. The topological polar surface area (TPSA) is 81.2 Å². The molecule has 0 N–H and O–H groups in total. The molecule has 1 saturated heterocycles. The first kappa shape index (κ1) is 28.8. The van der Waals surface area contributed by atoms with Crippen molar-refractivity contribution in [2.45, 2.75) is 27.3 Å². The molecule has 0 atom stereocenters. The van der Waals surface area contributed by atoms with Gasteiger partial charge in [-0.2, -0.15) is 0 Å². The van der Waals surface area contributed by atoms with E-state index in [2.05, 4.69) is 19.6 Å². The number of hydrogen-bond acceptors (Lipinski definition) is 8. The molecule has 176 valence electrons. The largest absolute Gasteiger partial charge is 0.310 e. The second kappa shape index (κ2) is 16.4. The lowest BCUT2D eigenvalue weighted by Gasteiger charge is -2.33. The summed E-state index contributed by atoms with van der Waals surface area (Å²) in [5, 5.41) is 0. The van der Waals surface area contributed by atoms with Gasteiger partial charge in [-0.25, -0.2) is 0 Å². The van der Waals surface area contributed by atoms with E-state index in [0.717, 1.165) is 0 Å². The van der Waals surface area contributed by atoms with Crippen LogP contribution in [0.1, 0.15) is 0 Å². The molecule has 12 heteroatoms. The Morgan fingerprint density at radius 1 is 0.438 bits per heavy atom. The van der Waals surface area contributed by atoms with Crippen LogP contribution in [0.2, 0.25) is 27.3 Å². The average molecular weight is 444 g/mol. The lowest BCUT2D eigenvalue weighted by atomic mass is 9.76. The van der Waals surface area contributed by atoms with E-state index in [1.807, 2.05) is 27.3 Å². The van der Waals surface area contributed by atoms with Crippen molar-refractivity contribution >= 4 is 51.8 Å². The Balaban J connectivity index is 2.99. The van der Waals surface area contributed by atoms with Crippen molar-refractivity contribution in [3.63, 3.8) is 0 Å². The summed E-state index contributed by atoms with van der Waals surface area (Å²) in [6, 6.07) is 0. The van der Waals surface area contributed by atoms with Gasteiger partial charge in [-0.3, -0.25) is 19.6 Å². The van der Waals surface area contributed by atoms with Gasteiger partial charge in [-0.1, -0.05) is 27.3 Å². The van der Waals surface area contributed by atoms with Crippen LogP contribution in [0, 0.1) is 0 Å². The van der Waals surface area contributed by atoms with E-state index in [-0.39, 0.29) is 22.7 Å². The minimum Gasteiger partial charge on any atom is -0.310 e. The van der Waals surface area contributed by atoms with Crippen molar-refractivity contribution in [1.29, 1.82) is 0 Å². The number of carbonyl (C=O) groups excluding carboxylic acids is 4. The highest BCUT2D eigenvalue weighted by Crippen LogP contribution is 2.02. The maximum atomic E-state index is 12.1. The third-order valence-electron chi connectivity index (χ3n) is 6.11. The molecule has 0 unspecified atom stereocenters. The maximum Gasteiger partial charge on any atom is 0.204 e. The van der Waals surface area contributed by atoms with Gasteiger partial charge in [0.2, 0.25) is 29.1 Å². The number of carbonyl (C=O) groups is 4. The van der Waals surface area contributed by atoms with Crippen molar-refractivity contribution in [2.75, 3.05) is 78.5 Å². The van der Waals surface area contributed by atoms with Crippen LogP contribution in [0.25, 0.3) is 0 Å². The van der Waals surface area contributed by atoms with Gasteiger partial charge in [0.1, 0.15) is 22.7 Å². The first-order chi connectivity index (χ1) is 15.3. The highest BCUT2D eigenvalue weighted by atomic mass is 16.1. The molecule has 0 radical (unpaired) electrons. The highest BCUT2D eigenvalue weighted by molar-refractivity contribution is 6.74. The van der Waals surface area contributed by atoms with Crippen molar-refractivity contribution in [1.82, 2.24) is 19.6 Å². The molecule has 1 aliphatic heterocycles. The molecule has 0 aromatic heterocycles. The van der Waals surface area contributed by atoms with E-state index in [9.17, 15) is 19.2 Å². The summed E-state index contributed by atoms with van der Waals surface area (Å²) in [6.45, 7) is 14.7. The molecule has 0 aliphatic carbocycles. The highest BCUT2D eigenvalue weighted by Gasteiger charge is 2.20. The van der Waals surface area contributed by atoms with Crippen molar-refractivity contribution in [3.8, 4) is 0 Å². The molecular weight excluding hydrogens is 403 g/mol. The Morgan fingerprint density at radius 2 is 0.594 bits per heavy atom. The van der Waals surface area contributed by atoms with Crippen LogP contribution in [-0.4, -0.2) is 150 Å². The Morgan fingerprint density at radius 3 is 0.719 bits per heavy atom. The zero-order chi connectivity index (χ0) is 23.9. The zero-order valence-electron chi connectivity index (χ0n) is 20.7. The summed E-state index contributed by atoms with van der Waals surface area (Å²) in [6.07, 6.45) is 0. The van der Waals surface area contributed by atoms with E-state index >= 15 is 0 Å². The third-order valence-corrected chi connectivity index (χ3v) is 6.11. The molecule has 1 rings (SSSR count). The molecular formula is C20H40B4N4O4. The van der Waals surface area contributed by atoms with Crippen LogP contribution >= 0.6 is 0 Å². The van der Waals surface area contributed by atoms with Crippen molar-refractivity contribution < 1.29 is 19.2 Å². The van der Waals surface area contributed by atoms with Gasteiger partial charge in [0.15, 0.2) is 0 Å². The zero-order valence-corrected chi connectivity index (χ0v) is 20.7. The van der Waals surface area contributed by atoms with Gasteiger partial charge in [-0.15, -0.1) is 0 Å². The molecule has 8 nitrogen and oxygen atoms in total. The van der Waals surface area contributed by atoms with E-state index in [1.54, 1.807) is 0 Å². The van der Waals surface area contributed by atoms with Crippen LogP contribution in [0.5, 0.6) is 0 Å². The van der Waals surface area contributed by atoms with Crippen LogP contribution in [-0.2, 0) is 19.2 Å². The Kier molecular flexibility index (Phi) is 14.8. The molecule has 1 heterocycles. The Bertz CT molecular complexity index is 506. The fraction of sp³-hybridized carbons (Fsp3) is 0.800. The maximum absolute atomic E-state index is 12.1. The molecule has 0 saturated carbocycles. The predicted molar refractivity (Wildman–Crippen MR) is 138 cm³/mol. The second-order valence-electron chi connectivity index (χ2n) is 8.67. The summed E-state index contributed by atoms with van der Waals surface area (Å²) in [7, 11) is 2.03. The van der Waals surface area contributed by atoms with Gasteiger partial charge in [-0.05, 0) is 0 Å². The molecule has 0 bridgehead atoms. The Hall–Kier alpha value is -1.22. The standard InChI is InChI=1S/C20H40B4N4O4/c1-21-17(29)13-25-5-7-26(14-18(30)22-2)9-11-28(16-20(32)24-4)12-10-27(8-6-25)15-19(31)23-3/h21-24H,5-16H2,1-4H3. The smallest absolute Gasteiger partial charge is 0.204 e. The summed E-state index contributed by atoms with van der Waals surface area (Å²) in [5.41, 5.74) is 0.810. The lowest BCUT2D eigenvalue weighted by Crippen LogP contribution is -2.49. The fourth-order valence-electron chi connectivity index (χ4n) is 3.66. The molecule has 1 fully saturated rings. The van der Waals surface area contributed by atoms with E-state index in [0.29, 0.717) is 108 Å². The fourth-order valence-corrected chi connectivity index (χ4v) is 3.66. The first-order valence-corrected chi connectivity index (χ1v) is 12.3. The Labute approximate surface area is 196 Å². The van der Waals surface area contributed by atoms with Gasteiger partial charge < -0.3 is 19.2 Å². The lowest BCUT2D eigenvalue weighted by molar-refractivity contribution is -0.115. The van der Waals surface area contributed by atoms with Crippen LogP contribution in [0.4, 0.5) is 0 Å². The quantitative estimate of drug-likeness (QED) is 0.300. The third kappa shape index (κ3) is 12.1. The second-order valence-corrected chi connectivity index (χ2v) is 8.67. The SMILES string of the molecule is CBC(=O)CN1CCN(CC(=O)BC)CCN(CC(=O)BC)CCN(CC(=O)BC)CC1. The monoisotopic (exact) mass is 444 g/mol. The van der Waals surface area contributed by atoms with Crippen molar-refractivity contribution in [2.24, 2.45) is 0 Å². The van der Waals surface area contributed by atoms with E-state index in [4.69, 9.17) is 0 Å². The van der Waals surface area contributed by atoms with Gasteiger partial charge in [0.25, 0.3) is 0 Å². The molecule has 0 aromatic carbocycles. The van der Waals surface area contributed by atoms with E-state index in [1.165, 1.54) is 0 Å². The predicted octanol–water partition coefficient (Wildman–Crippen LogP) is -2.75. The molecule has 0 aromatic rings. The number of nitrogens with zero attached hydrogens (tertiary/aromatic N) is 4. The summed E-state index contributed by atoms with van der Waals surface area (Å²) in [4.78, 5) is 57.1. The van der Waals surface area contributed by atoms with Crippen LogP contribution < -0.4 is 0 Å². The van der Waals surface area contributed by atoms with Gasteiger partial charge in [0.05, 0.1) is 0 Å². The average Bonchev–Trinajstić information content (AvgIpc) is 2.79. The first-order valence-electron chi connectivity index (χ1n) is 12.3. The number of hydrogen-bond donors (Lipinski definition) is 0. The molecule has 0 spiro atoms. The number of rotatable bonds is 12. The van der Waals surface area contributed by atoms with Crippen molar-refractivity contribution in [3.05, 3.63) is 0 Å². The molecule has 0 amide bonds. The normalized spacial score (nSPS) is 18.1. The molecule has 1 aliphatic rings. The van der Waals surface area contributed by atoms with Crippen LogP contribution in [0.3, 0.4) is 0 Å².